The first kappa shape index (κ1) is 18.3. The van der Waals surface area contributed by atoms with Gasteiger partial charge in [0.1, 0.15) is 0 Å². The molecule has 0 saturated carbocycles. The highest BCUT2D eigenvalue weighted by Gasteiger charge is 2.27. The van der Waals surface area contributed by atoms with Crippen molar-refractivity contribution in [3.05, 3.63) is 46.2 Å². The molecule has 0 aliphatic rings. The van der Waals surface area contributed by atoms with Gasteiger partial charge in [-0.25, -0.2) is 0 Å². The molecule has 1 atom stereocenters. The number of para-hydroxylation sites is 1. The van der Waals surface area contributed by atoms with E-state index < -0.39 is 0 Å². The van der Waals surface area contributed by atoms with E-state index in [0.717, 1.165) is 4.88 Å². The number of aliphatic hydroxyl groups is 1. The van der Waals surface area contributed by atoms with Crippen LogP contribution in [0.2, 0.25) is 0 Å². The van der Waals surface area contributed by atoms with Gasteiger partial charge in [0.15, 0.2) is 11.5 Å². The fraction of sp³-hybridized carbons (Fsp3) is 0.389. The molecule has 0 aliphatic heterocycles. The van der Waals surface area contributed by atoms with E-state index in [1.807, 2.05) is 24.4 Å². The van der Waals surface area contributed by atoms with Crippen molar-refractivity contribution >= 4 is 17.2 Å². The lowest BCUT2D eigenvalue weighted by molar-refractivity contribution is 0.0563. The zero-order valence-electron chi connectivity index (χ0n) is 14.2. The van der Waals surface area contributed by atoms with Crippen LogP contribution in [0.3, 0.4) is 0 Å². The minimum absolute atomic E-state index is 0.0834. The van der Waals surface area contributed by atoms with Crippen molar-refractivity contribution in [3.8, 4) is 11.5 Å². The highest BCUT2D eigenvalue weighted by molar-refractivity contribution is 7.09. The summed E-state index contributed by atoms with van der Waals surface area (Å²) in [5, 5.41) is 11.7. The summed E-state index contributed by atoms with van der Waals surface area (Å²) in [4.78, 5) is 15.9. The average Bonchev–Trinajstić information content (AvgIpc) is 3.13. The van der Waals surface area contributed by atoms with Gasteiger partial charge in [0.05, 0.1) is 39.0 Å². The predicted octanol–water partition coefficient (Wildman–Crippen LogP) is 3.18. The first-order valence-corrected chi connectivity index (χ1v) is 8.69. The molecule has 0 saturated heterocycles. The molecule has 1 aromatic heterocycles. The number of nitrogens with zero attached hydrogens (tertiary/aromatic N) is 1. The monoisotopic (exact) mass is 349 g/mol. The fourth-order valence-electron chi connectivity index (χ4n) is 2.60. The van der Waals surface area contributed by atoms with Crippen LogP contribution in [-0.2, 0) is 6.54 Å². The molecule has 1 N–H and O–H groups in total. The SMILES string of the molecule is CC[C@@H](CO)N(Cc1cccs1)C(=O)c1cccc(OC)c1OC. The summed E-state index contributed by atoms with van der Waals surface area (Å²) >= 11 is 1.59. The van der Waals surface area contributed by atoms with Gasteiger partial charge in [-0.05, 0) is 30.0 Å². The maximum Gasteiger partial charge on any atom is 0.258 e. The molecule has 0 aliphatic carbocycles. The average molecular weight is 349 g/mol. The van der Waals surface area contributed by atoms with E-state index in [0.29, 0.717) is 30.0 Å². The molecule has 24 heavy (non-hydrogen) atoms. The van der Waals surface area contributed by atoms with Gasteiger partial charge in [0.2, 0.25) is 0 Å². The second-order valence-corrected chi connectivity index (χ2v) is 6.33. The molecule has 2 aromatic rings. The topological polar surface area (TPSA) is 59.0 Å². The molecule has 0 fully saturated rings. The summed E-state index contributed by atoms with van der Waals surface area (Å²) in [5.74, 6) is 0.741. The molecule has 2 rings (SSSR count). The number of ether oxygens (including phenoxy) is 2. The maximum absolute atomic E-state index is 13.2. The molecule has 6 heteroatoms. The second-order valence-electron chi connectivity index (χ2n) is 5.30. The van der Waals surface area contributed by atoms with E-state index >= 15 is 0 Å². The molecule has 1 aromatic carbocycles. The number of amides is 1. The molecule has 0 spiro atoms. The molecular weight excluding hydrogens is 326 g/mol. The number of rotatable bonds is 8. The Hall–Kier alpha value is -2.05. The Balaban J connectivity index is 2.40. The Morgan fingerprint density at radius 3 is 2.58 bits per heavy atom. The Kier molecular flexibility index (Phi) is 6.63. The summed E-state index contributed by atoms with van der Waals surface area (Å²) in [6, 6.07) is 8.91. The molecule has 1 amide bonds. The van der Waals surface area contributed by atoms with Gasteiger partial charge < -0.3 is 19.5 Å². The van der Waals surface area contributed by atoms with E-state index in [2.05, 4.69) is 0 Å². The quantitative estimate of drug-likeness (QED) is 0.795. The predicted molar refractivity (Wildman–Crippen MR) is 94.9 cm³/mol. The van der Waals surface area contributed by atoms with E-state index in [-0.39, 0.29) is 18.6 Å². The van der Waals surface area contributed by atoms with Gasteiger partial charge >= 0.3 is 0 Å². The Bertz CT molecular complexity index is 653. The molecular formula is C18H23NO4S. The largest absolute Gasteiger partial charge is 0.493 e. The van der Waals surface area contributed by atoms with Crippen LogP contribution in [0, 0.1) is 0 Å². The molecule has 0 unspecified atom stereocenters. The Labute approximate surface area is 146 Å². The third-order valence-corrected chi connectivity index (χ3v) is 4.78. The van der Waals surface area contributed by atoms with Crippen LogP contribution in [0.15, 0.2) is 35.7 Å². The zero-order valence-corrected chi connectivity index (χ0v) is 15.0. The van der Waals surface area contributed by atoms with Crippen molar-refractivity contribution in [1.29, 1.82) is 0 Å². The van der Waals surface area contributed by atoms with Gasteiger partial charge in [-0.3, -0.25) is 4.79 Å². The lowest BCUT2D eigenvalue weighted by atomic mass is 10.1. The normalized spacial score (nSPS) is 11.8. The van der Waals surface area contributed by atoms with Crippen LogP contribution in [-0.4, -0.2) is 42.8 Å². The standard InChI is InChI=1S/C18H23NO4S/c1-4-13(12-20)19(11-14-7-6-10-24-14)18(21)15-8-5-9-16(22-2)17(15)23-3/h5-10,13,20H,4,11-12H2,1-3H3/t13-/m0/s1. The van der Waals surface area contributed by atoms with Crippen LogP contribution in [0.4, 0.5) is 0 Å². The van der Waals surface area contributed by atoms with Crippen LogP contribution < -0.4 is 9.47 Å². The first-order valence-electron chi connectivity index (χ1n) is 7.81. The zero-order chi connectivity index (χ0) is 17.5. The number of methoxy groups -OCH3 is 2. The molecule has 0 radical (unpaired) electrons. The summed E-state index contributed by atoms with van der Waals surface area (Å²) in [6.45, 7) is 2.33. The molecule has 1 heterocycles. The van der Waals surface area contributed by atoms with E-state index in [1.54, 1.807) is 34.4 Å². The number of hydrogen-bond donors (Lipinski definition) is 1. The highest BCUT2D eigenvalue weighted by atomic mass is 32.1. The highest BCUT2D eigenvalue weighted by Crippen LogP contribution is 2.32. The summed E-state index contributed by atoms with van der Waals surface area (Å²) < 4.78 is 10.7. The third-order valence-electron chi connectivity index (χ3n) is 3.92. The third kappa shape index (κ3) is 3.88. The van der Waals surface area contributed by atoms with Crippen molar-refractivity contribution in [2.75, 3.05) is 20.8 Å². The number of thiophene rings is 1. The van der Waals surface area contributed by atoms with Crippen molar-refractivity contribution in [1.82, 2.24) is 4.90 Å². The van der Waals surface area contributed by atoms with Gasteiger partial charge in [-0.1, -0.05) is 19.1 Å². The smallest absolute Gasteiger partial charge is 0.258 e. The summed E-state index contributed by atoms with van der Waals surface area (Å²) in [6.07, 6.45) is 0.667. The lowest BCUT2D eigenvalue weighted by Crippen LogP contribution is -2.41. The Morgan fingerprint density at radius 2 is 2.04 bits per heavy atom. The second kappa shape index (κ2) is 8.70. The number of carbonyl (C=O) groups excluding carboxylic acids is 1. The first-order chi connectivity index (χ1) is 11.7. The molecule has 0 bridgehead atoms. The van der Waals surface area contributed by atoms with E-state index in [9.17, 15) is 9.90 Å². The minimum Gasteiger partial charge on any atom is -0.493 e. The van der Waals surface area contributed by atoms with Crippen LogP contribution >= 0.6 is 11.3 Å². The van der Waals surface area contributed by atoms with Gasteiger partial charge in [-0.15, -0.1) is 11.3 Å². The summed E-state index contributed by atoms with van der Waals surface area (Å²) in [5.41, 5.74) is 0.431. The Morgan fingerprint density at radius 1 is 1.25 bits per heavy atom. The van der Waals surface area contributed by atoms with Crippen molar-refractivity contribution in [3.63, 3.8) is 0 Å². The van der Waals surface area contributed by atoms with Gasteiger partial charge in [0, 0.05) is 4.88 Å². The number of benzene rings is 1. The summed E-state index contributed by atoms with van der Waals surface area (Å²) in [7, 11) is 3.06. The number of carbonyl (C=O) groups is 1. The van der Waals surface area contributed by atoms with Crippen molar-refractivity contribution in [2.45, 2.75) is 25.9 Å². The van der Waals surface area contributed by atoms with Crippen LogP contribution in [0.1, 0.15) is 28.6 Å². The van der Waals surface area contributed by atoms with Gasteiger partial charge in [-0.2, -0.15) is 0 Å². The number of aliphatic hydroxyl groups excluding tert-OH is 1. The van der Waals surface area contributed by atoms with Crippen LogP contribution in [0.25, 0.3) is 0 Å². The fourth-order valence-corrected chi connectivity index (χ4v) is 3.30. The maximum atomic E-state index is 13.2. The van der Waals surface area contributed by atoms with E-state index in [1.165, 1.54) is 14.2 Å². The minimum atomic E-state index is -0.254. The van der Waals surface area contributed by atoms with E-state index in [4.69, 9.17) is 9.47 Å². The molecule has 130 valence electrons. The molecule has 5 nitrogen and oxygen atoms in total. The van der Waals surface area contributed by atoms with Crippen molar-refractivity contribution < 1.29 is 19.4 Å². The lowest BCUT2D eigenvalue weighted by Gasteiger charge is -2.30. The number of hydrogen-bond acceptors (Lipinski definition) is 5. The van der Waals surface area contributed by atoms with Crippen LogP contribution in [0.5, 0.6) is 11.5 Å². The van der Waals surface area contributed by atoms with Gasteiger partial charge in [0.25, 0.3) is 5.91 Å². The van der Waals surface area contributed by atoms with Crippen molar-refractivity contribution in [2.24, 2.45) is 0 Å².